The number of halogens is 2. The first-order valence-electron chi connectivity index (χ1n) is 43.4. The van der Waals surface area contributed by atoms with Gasteiger partial charge in [-0.25, -0.2) is 0 Å². The maximum absolute atomic E-state index is 3.60. The first-order chi connectivity index (χ1) is 62.9. The maximum Gasteiger partial charge on any atom is 0.179 e. The highest BCUT2D eigenvalue weighted by Gasteiger charge is 2.43. The predicted octanol–water partition coefficient (Wildman–Crippen LogP) is 23.7. The van der Waals surface area contributed by atoms with Gasteiger partial charge in [-0.1, -0.05) is 428 Å². The molecule has 0 radical (unpaired) electrons. The second-order valence-corrected chi connectivity index (χ2v) is 40.6. The highest BCUT2D eigenvalue weighted by molar-refractivity contribution is 9.10. The lowest BCUT2D eigenvalue weighted by molar-refractivity contribution is -0.0000234. The molecular weight excluding hydrogens is 1650 g/mol. The van der Waals surface area contributed by atoms with Crippen molar-refractivity contribution in [1.82, 2.24) is 9.13 Å². The zero-order valence-corrected chi connectivity index (χ0v) is 74.0. The van der Waals surface area contributed by atoms with E-state index in [4.69, 9.17) is 0 Å². The quantitative estimate of drug-likeness (QED) is 0.0645. The molecule has 20 aromatic carbocycles. The summed E-state index contributed by atoms with van der Waals surface area (Å²) in [5.41, 5.74) is 22.4. The fourth-order valence-electron chi connectivity index (χ4n) is 18.7. The molecule has 128 heavy (non-hydrogen) atoms. The minimum Gasteiger partial charge on any atom is -1.00 e. The van der Waals surface area contributed by atoms with Gasteiger partial charge in [-0.3, -0.25) is 0 Å². The molecule has 2 aromatic heterocycles. The number of hydrogen-bond acceptors (Lipinski definition) is 2. The van der Waals surface area contributed by atoms with Crippen LogP contribution in [-0.2, 0) is 0 Å². The van der Waals surface area contributed by atoms with Crippen molar-refractivity contribution in [2.45, 2.75) is 0 Å². The molecule has 2 heterocycles. The van der Waals surface area contributed by atoms with Gasteiger partial charge in [0.25, 0.3) is 0 Å². The average Bonchev–Trinajstić information content (AvgIpc) is 1.11. The molecule has 8 heteroatoms. The van der Waals surface area contributed by atoms with E-state index in [2.05, 4.69) is 563 Å². The number of nitrogens with zero attached hydrogens (tertiary/aromatic N) is 3. The smallest absolute Gasteiger partial charge is 0.179 e. The molecule has 0 bridgehead atoms. The van der Waals surface area contributed by atoms with Crippen molar-refractivity contribution in [3.63, 3.8) is 0 Å². The Morgan fingerprint density at radius 1 is 0.180 bits per heavy atom. The summed E-state index contributed by atoms with van der Waals surface area (Å²) in [7, 11) is -5.16. The lowest BCUT2D eigenvalue weighted by Gasteiger charge is -2.35. The number of hydrogen-bond donors (Lipinski definition) is 1. The average molecular weight is 1740 g/mol. The van der Waals surface area contributed by atoms with Crippen LogP contribution in [0.5, 0.6) is 0 Å². The van der Waals surface area contributed by atoms with Crippen LogP contribution < -0.4 is 56.4 Å². The SMILES string of the molecule is Brc1ccc(-c2ccc(-n3c4ccccc4c4ccccc43)cc2)cc1.[F-].c1ccc(-c2ccc(N(c3ccc(-c4ccc(-n5c6ccccc6c6ccccc65)cc4)cc3)c3ccc([Si](c4ccccc4)(c4ccccc4)c4ccccc4)cc3)cc2)cc1.c1ccc(-c2ccc(Nc3ccc([Si](c4ccccc4)(c4ccccc4)c4ccccc4)cc3)cc2)cc1. The van der Waals surface area contributed by atoms with Crippen molar-refractivity contribution in [3.05, 3.63) is 538 Å². The predicted molar refractivity (Wildman–Crippen MR) is 549 cm³/mol. The normalized spacial score (nSPS) is 11.3. The lowest BCUT2D eigenvalue weighted by atomic mass is 10.0. The van der Waals surface area contributed by atoms with Crippen molar-refractivity contribution < 1.29 is 4.70 Å². The lowest BCUT2D eigenvalue weighted by Crippen LogP contribution is -3.00. The molecule has 0 saturated carbocycles. The molecule has 612 valence electrons. The molecule has 0 saturated heterocycles. The van der Waals surface area contributed by atoms with Gasteiger partial charge >= 0.3 is 0 Å². The van der Waals surface area contributed by atoms with Gasteiger partial charge in [-0.15, -0.1) is 0 Å². The van der Waals surface area contributed by atoms with E-state index < -0.39 is 16.1 Å². The summed E-state index contributed by atoms with van der Waals surface area (Å²) in [5, 5.41) is 19.7. The van der Waals surface area contributed by atoms with E-state index in [0.717, 1.165) is 38.6 Å². The Morgan fingerprint density at radius 3 is 0.641 bits per heavy atom. The van der Waals surface area contributed by atoms with Crippen molar-refractivity contribution in [3.8, 4) is 55.9 Å². The number of para-hydroxylation sites is 4. The van der Waals surface area contributed by atoms with E-state index in [-0.39, 0.29) is 4.70 Å². The third-order valence-electron chi connectivity index (χ3n) is 24.7. The number of nitrogens with one attached hydrogen (secondary N) is 1. The van der Waals surface area contributed by atoms with Crippen LogP contribution in [0, 0.1) is 0 Å². The van der Waals surface area contributed by atoms with Crippen LogP contribution in [0.25, 0.3) is 99.5 Å². The molecule has 0 fully saturated rings. The van der Waals surface area contributed by atoms with E-state index >= 15 is 0 Å². The Morgan fingerprint density at radius 2 is 0.367 bits per heavy atom. The Bertz CT molecular complexity index is 7130. The monoisotopic (exact) mass is 1740 g/mol. The largest absolute Gasteiger partial charge is 1.00 e. The molecule has 4 nitrogen and oxygen atoms in total. The van der Waals surface area contributed by atoms with Gasteiger partial charge in [0.05, 0.1) is 22.1 Å². The fraction of sp³-hybridized carbons (Fsp3) is 0. The molecule has 22 rings (SSSR count). The Hall–Kier alpha value is -15.6. The summed E-state index contributed by atoms with van der Waals surface area (Å²) >= 11 is 3.50. The van der Waals surface area contributed by atoms with Crippen molar-refractivity contribution >= 4 is 146 Å². The number of benzene rings is 20. The van der Waals surface area contributed by atoms with Gasteiger partial charge in [0.1, 0.15) is 0 Å². The fourth-order valence-corrected chi connectivity index (χ4v) is 28.4. The van der Waals surface area contributed by atoms with Gasteiger partial charge in [0.2, 0.25) is 0 Å². The summed E-state index contributed by atoms with van der Waals surface area (Å²) < 4.78 is 5.81. The van der Waals surface area contributed by atoms with Crippen molar-refractivity contribution in [2.24, 2.45) is 0 Å². The second-order valence-electron chi connectivity index (χ2n) is 32.0. The highest BCUT2D eigenvalue weighted by Crippen LogP contribution is 2.40. The molecule has 22 aromatic rings. The maximum atomic E-state index is 3.60. The van der Waals surface area contributed by atoms with E-state index in [9.17, 15) is 0 Å². The topological polar surface area (TPSA) is 25.1 Å². The molecule has 1 N–H and O–H groups in total. The zero-order valence-electron chi connectivity index (χ0n) is 70.4. The van der Waals surface area contributed by atoms with Crippen LogP contribution in [0.2, 0.25) is 0 Å². The minimum atomic E-state index is -2.68. The molecule has 0 spiro atoms. The Kier molecular flexibility index (Phi) is 24.0. The van der Waals surface area contributed by atoms with Gasteiger partial charge < -0.3 is 24.1 Å². The Labute approximate surface area is 758 Å². The molecular formula is C120H89BrFN4Si2-. The van der Waals surface area contributed by atoms with Crippen LogP contribution >= 0.6 is 15.9 Å². The van der Waals surface area contributed by atoms with E-state index in [1.807, 2.05) is 6.07 Å². The van der Waals surface area contributed by atoms with Crippen molar-refractivity contribution in [2.75, 3.05) is 10.2 Å². The van der Waals surface area contributed by atoms with Gasteiger partial charge in [0.15, 0.2) is 16.1 Å². The number of rotatable bonds is 19. The highest BCUT2D eigenvalue weighted by atomic mass is 79.9. The van der Waals surface area contributed by atoms with E-state index in [0.29, 0.717) is 0 Å². The number of fused-ring (bicyclic) bond motifs is 6. The first-order valence-corrected chi connectivity index (χ1v) is 48.2. The van der Waals surface area contributed by atoms with Crippen molar-refractivity contribution in [1.29, 1.82) is 0 Å². The molecule has 0 aliphatic carbocycles. The van der Waals surface area contributed by atoms with E-state index in [1.54, 1.807) is 0 Å². The van der Waals surface area contributed by atoms with Crippen LogP contribution in [0.15, 0.2) is 538 Å². The molecule has 0 aliphatic heterocycles. The second kappa shape index (κ2) is 37.5. The van der Waals surface area contributed by atoms with Gasteiger partial charge in [0, 0.05) is 65.8 Å². The Balaban J connectivity index is 0.000000138. The number of anilines is 5. The van der Waals surface area contributed by atoms with Crippen LogP contribution in [-0.4, -0.2) is 25.3 Å². The van der Waals surface area contributed by atoms with Gasteiger partial charge in [-0.2, -0.15) is 0 Å². The minimum absolute atomic E-state index is 0. The molecule has 0 atom stereocenters. The first kappa shape index (κ1) is 82.1. The van der Waals surface area contributed by atoms with E-state index in [1.165, 1.54) is 135 Å². The summed E-state index contributed by atoms with van der Waals surface area (Å²) in [6.45, 7) is 0. The van der Waals surface area contributed by atoms with Crippen LogP contribution in [0.3, 0.4) is 0 Å². The summed E-state index contributed by atoms with van der Waals surface area (Å²) in [5.74, 6) is 0. The molecule has 0 unspecified atom stereocenters. The third-order valence-corrected chi connectivity index (χ3v) is 34.8. The number of aromatic nitrogens is 2. The standard InChI is InChI=1S/C60H44N2Si.C36H29NSi.C24H16BrN.FH/c1-5-17-45(18-6-1)46-29-35-49(36-30-46)61(51-41-43-56(44-42-51)63(53-19-7-2-8-20-53,54-21-9-3-10-22-54)55-23-11-4-12-24-55)50-37-31-47(32-38-50)48-33-39-52(40-34-48)62-59-27-15-13-25-57(59)58-26-14-16-28-60(58)62;1-5-13-29(14-6-1)30-21-23-31(24-22-30)37-32-25-27-36(28-26-32)38(33-15-7-2-8-16-33,34-17-9-3-10-18-34)35-19-11-4-12-20-35;25-19-13-9-17(10-14-19)18-11-15-20(16-12-18)26-23-7-3-1-5-21(23)22-6-2-4-8-24(22)26;/h1-44H;1-28,37H;1-16H;1H/p-1. The summed E-state index contributed by atoms with van der Waals surface area (Å²) in [6, 6.07) is 193. The summed E-state index contributed by atoms with van der Waals surface area (Å²) in [6.07, 6.45) is 0. The molecule has 0 amide bonds. The summed E-state index contributed by atoms with van der Waals surface area (Å²) in [4.78, 5) is 2.38. The third kappa shape index (κ3) is 16.4. The van der Waals surface area contributed by atoms with Crippen LogP contribution in [0.1, 0.15) is 0 Å². The van der Waals surface area contributed by atoms with Gasteiger partial charge in [-0.05, 0) is 207 Å². The molecule has 0 aliphatic rings. The zero-order chi connectivity index (χ0) is 85.1. The van der Waals surface area contributed by atoms with Crippen LogP contribution in [0.4, 0.5) is 28.4 Å².